The molecule has 0 radical (unpaired) electrons. The molecule has 1 heterocycles. The number of halogens is 2. The normalized spacial score (nSPS) is 10.3. The molecule has 0 amide bonds. The molecule has 0 fully saturated rings. The predicted molar refractivity (Wildman–Crippen MR) is 59.9 cm³/mol. The van der Waals surface area contributed by atoms with Crippen molar-refractivity contribution in [3.63, 3.8) is 0 Å². The zero-order valence-corrected chi connectivity index (χ0v) is 9.62. The lowest BCUT2D eigenvalue weighted by Crippen LogP contribution is -1.88. The Morgan fingerprint density at radius 1 is 1.13 bits per heavy atom. The van der Waals surface area contributed by atoms with Crippen LogP contribution in [0.3, 0.4) is 0 Å². The van der Waals surface area contributed by atoms with Crippen LogP contribution in [0.1, 0.15) is 5.56 Å². The van der Waals surface area contributed by atoms with Gasteiger partial charge in [0.15, 0.2) is 0 Å². The Morgan fingerprint density at radius 2 is 1.93 bits per heavy atom. The minimum Gasteiger partial charge on any atom is -0.236 e. The molecule has 0 spiro atoms. The van der Waals surface area contributed by atoms with E-state index in [1.165, 1.54) is 18.5 Å². The maximum absolute atomic E-state index is 13.2. The second-order valence-electron chi connectivity index (χ2n) is 3.24. The van der Waals surface area contributed by atoms with E-state index in [9.17, 15) is 4.39 Å². The van der Waals surface area contributed by atoms with E-state index in [0.717, 1.165) is 11.1 Å². The molecule has 0 bridgehead atoms. The van der Waals surface area contributed by atoms with Gasteiger partial charge in [-0.25, -0.2) is 14.4 Å². The van der Waals surface area contributed by atoms with Crippen LogP contribution in [-0.2, 0) is 0 Å². The number of aryl methyl sites for hydroxylation is 1. The number of rotatable bonds is 1. The molecule has 4 heteroatoms. The highest BCUT2D eigenvalue weighted by molar-refractivity contribution is 9.10. The number of nitrogens with zero attached hydrogens (tertiary/aromatic N) is 2. The topological polar surface area (TPSA) is 25.8 Å². The first kappa shape index (κ1) is 10.2. The summed E-state index contributed by atoms with van der Waals surface area (Å²) in [5, 5.41) is 0. The predicted octanol–water partition coefficient (Wildman–Crippen LogP) is 3.35. The first-order chi connectivity index (χ1) is 7.15. The van der Waals surface area contributed by atoms with Crippen molar-refractivity contribution in [3.8, 4) is 11.3 Å². The van der Waals surface area contributed by atoms with Crippen molar-refractivity contribution < 1.29 is 4.39 Å². The second-order valence-corrected chi connectivity index (χ2v) is 4.06. The van der Waals surface area contributed by atoms with Gasteiger partial charge in [0.1, 0.15) is 16.7 Å². The quantitative estimate of drug-likeness (QED) is 0.740. The summed E-state index contributed by atoms with van der Waals surface area (Å²) < 4.78 is 13.8. The van der Waals surface area contributed by atoms with E-state index >= 15 is 0 Å². The lowest BCUT2D eigenvalue weighted by molar-refractivity contribution is 0.627. The van der Waals surface area contributed by atoms with Gasteiger partial charge >= 0.3 is 0 Å². The minimum absolute atomic E-state index is 0.250. The standard InChI is InChI=1S/C11H8BrFN2/c1-7-2-8(4-9(13)3-7)10-5-11(12)15-6-14-10/h2-6H,1H3. The van der Waals surface area contributed by atoms with Crippen LogP contribution in [0.4, 0.5) is 4.39 Å². The highest BCUT2D eigenvalue weighted by Gasteiger charge is 2.03. The maximum atomic E-state index is 13.2. The Hall–Kier alpha value is -1.29. The van der Waals surface area contributed by atoms with E-state index < -0.39 is 0 Å². The molecule has 1 aromatic carbocycles. The molecule has 0 aliphatic rings. The van der Waals surface area contributed by atoms with Crippen LogP contribution in [0.15, 0.2) is 35.2 Å². The van der Waals surface area contributed by atoms with E-state index in [0.29, 0.717) is 10.3 Å². The van der Waals surface area contributed by atoms with Crippen molar-refractivity contribution in [1.82, 2.24) is 9.97 Å². The van der Waals surface area contributed by atoms with Gasteiger partial charge < -0.3 is 0 Å². The first-order valence-electron chi connectivity index (χ1n) is 4.40. The van der Waals surface area contributed by atoms with Crippen molar-refractivity contribution in [2.24, 2.45) is 0 Å². The monoisotopic (exact) mass is 266 g/mol. The fourth-order valence-corrected chi connectivity index (χ4v) is 1.68. The van der Waals surface area contributed by atoms with E-state index in [1.54, 1.807) is 6.07 Å². The fourth-order valence-electron chi connectivity index (χ4n) is 1.38. The Kier molecular flexibility index (Phi) is 2.77. The molecule has 15 heavy (non-hydrogen) atoms. The molecular weight excluding hydrogens is 259 g/mol. The smallest absolute Gasteiger partial charge is 0.124 e. The van der Waals surface area contributed by atoms with Crippen molar-refractivity contribution in [2.75, 3.05) is 0 Å². The van der Waals surface area contributed by atoms with E-state index in [-0.39, 0.29) is 5.82 Å². The van der Waals surface area contributed by atoms with Crippen LogP contribution < -0.4 is 0 Å². The van der Waals surface area contributed by atoms with Gasteiger partial charge in [-0.3, -0.25) is 0 Å². The van der Waals surface area contributed by atoms with Gasteiger partial charge in [0, 0.05) is 5.56 Å². The molecule has 1 aromatic heterocycles. The third-order valence-corrected chi connectivity index (χ3v) is 2.41. The van der Waals surface area contributed by atoms with Crippen molar-refractivity contribution in [3.05, 3.63) is 46.6 Å². The Bertz CT molecular complexity index is 479. The highest BCUT2D eigenvalue weighted by atomic mass is 79.9. The zero-order valence-electron chi connectivity index (χ0n) is 8.04. The van der Waals surface area contributed by atoms with Gasteiger partial charge in [-0.05, 0) is 52.7 Å². The average molecular weight is 267 g/mol. The molecular formula is C11H8BrFN2. The molecule has 0 unspecified atom stereocenters. The third kappa shape index (κ3) is 2.39. The van der Waals surface area contributed by atoms with Crippen molar-refractivity contribution in [2.45, 2.75) is 6.92 Å². The summed E-state index contributed by atoms with van der Waals surface area (Å²) in [4.78, 5) is 8.01. The van der Waals surface area contributed by atoms with Crippen LogP contribution in [0.25, 0.3) is 11.3 Å². The number of aromatic nitrogens is 2. The summed E-state index contributed by atoms with van der Waals surface area (Å²) in [6.07, 6.45) is 1.44. The van der Waals surface area contributed by atoms with Crippen LogP contribution in [0, 0.1) is 12.7 Å². The van der Waals surface area contributed by atoms with Gasteiger partial charge in [0.25, 0.3) is 0 Å². The number of hydrogen-bond donors (Lipinski definition) is 0. The average Bonchev–Trinajstić information content (AvgIpc) is 2.16. The SMILES string of the molecule is Cc1cc(F)cc(-c2cc(Br)ncn2)c1. The largest absolute Gasteiger partial charge is 0.236 e. The van der Waals surface area contributed by atoms with Crippen LogP contribution in [-0.4, -0.2) is 9.97 Å². The molecule has 0 atom stereocenters. The zero-order chi connectivity index (χ0) is 10.8. The Morgan fingerprint density at radius 3 is 2.60 bits per heavy atom. The van der Waals surface area contributed by atoms with Crippen molar-refractivity contribution >= 4 is 15.9 Å². The lowest BCUT2D eigenvalue weighted by Gasteiger charge is -2.02. The summed E-state index contributed by atoms with van der Waals surface area (Å²) in [5.74, 6) is -0.250. The Balaban J connectivity index is 2.54. The summed E-state index contributed by atoms with van der Waals surface area (Å²) in [6.45, 7) is 1.85. The number of hydrogen-bond acceptors (Lipinski definition) is 2. The van der Waals surface area contributed by atoms with Gasteiger partial charge in [0.2, 0.25) is 0 Å². The number of benzene rings is 1. The first-order valence-corrected chi connectivity index (χ1v) is 5.19. The van der Waals surface area contributed by atoms with Gasteiger partial charge in [-0.15, -0.1) is 0 Å². The molecule has 0 saturated heterocycles. The third-order valence-electron chi connectivity index (χ3n) is 1.97. The van der Waals surface area contributed by atoms with Gasteiger partial charge in [-0.2, -0.15) is 0 Å². The van der Waals surface area contributed by atoms with Crippen LogP contribution in [0.2, 0.25) is 0 Å². The molecule has 2 aromatic rings. The summed E-state index contributed by atoms with van der Waals surface area (Å²) in [5.41, 5.74) is 2.34. The van der Waals surface area contributed by atoms with Gasteiger partial charge in [-0.1, -0.05) is 0 Å². The maximum Gasteiger partial charge on any atom is 0.124 e. The summed E-state index contributed by atoms with van der Waals surface area (Å²) in [6, 6.07) is 6.59. The van der Waals surface area contributed by atoms with Gasteiger partial charge in [0.05, 0.1) is 5.69 Å². The Labute approximate surface area is 95.3 Å². The molecule has 2 nitrogen and oxygen atoms in total. The van der Waals surface area contributed by atoms with Crippen LogP contribution >= 0.6 is 15.9 Å². The molecule has 2 rings (SSSR count). The van der Waals surface area contributed by atoms with Crippen molar-refractivity contribution in [1.29, 1.82) is 0 Å². The second kappa shape index (κ2) is 4.06. The summed E-state index contributed by atoms with van der Waals surface area (Å²) >= 11 is 3.25. The van der Waals surface area contributed by atoms with E-state index in [2.05, 4.69) is 25.9 Å². The molecule has 0 aliphatic heterocycles. The van der Waals surface area contributed by atoms with Crippen LogP contribution in [0.5, 0.6) is 0 Å². The molecule has 0 aliphatic carbocycles. The molecule has 76 valence electrons. The molecule has 0 N–H and O–H groups in total. The lowest BCUT2D eigenvalue weighted by atomic mass is 10.1. The summed E-state index contributed by atoms with van der Waals surface area (Å²) in [7, 11) is 0. The minimum atomic E-state index is -0.250. The molecule has 0 saturated carbocycles. The van der Waals surface area contributed by atoms with E-state index in [4.69, 9.17) is 0 Å². The van der Waals surface area contributed by atoms with E-state index in [1.807, 2.05) is 13.0 Å². The fraction of sp³-hybridized carbons (Fsp3) is 0.0909. The highest BCUT2D eigenvalue weighted by Crippen LogP contribution is 2.21.